The number of carbonyl (C=O) groups excluding carboxylic acids is 2. The number of ketones is 1. The number of rotatable bonds is 5. The van der Waals surface area contributed by atoms with Gasteiger partial charge < -0.3 is 19.1 Å². The minimum atomic E-state index is -0.868. The Kier molecular flexibility index (Phi) is 6.11. The summed E-state index contributed by atoms with van der Waals surface area (Å²) in [5.74, 6) is -1.14. The van der Waals surface area contributed by atoms with Crippen molar-refractivity contribution in [2.75, 3.05) is 30.5 Å². The van der Waals surface area contributed by atoms with Crippen LogP contribution in [0.4, 0.5) is 11.4 Å². The number of para-hydroxylation sites is 2. The molecule has 10 nitrogen and oxygen atoms in total. The van der Waals surface area contributed by atoms with E-state index in [1.54, 1.807) is 23.9 Å². The maximum atomic E-state index is 12.6. The van der Waals surface area contributed by atoms with Gasteiger partial charge in [-0.25, -0.2) is 9.59 Å². The first-order chi connectivity index (χ1) is 15.2. The molecule has 2 heterocycles. The molecule has 10 heteroatoms. The summed E-state index contributed by atoms with van der Waals surface area (Å²) in [5.41, 5.74) is 0.561. The van der Waals surface area contributed by atoms with Crippen LogP contribution >= 0.6 is 0 Å². The van der Waals surface area contributed by atoms with Crippen LogP contribution in [-0.2, 0) is 28.4 Å². The summed E-state index contributed by atoms with van der Waals surface area (Å²) in [6.07, 6.45) is 3.48. The van der Waals surface area contributed by atoms with E-state index in [9.17, 15) is 24.4 Å². The lowest BCUT2D eigenvalue weighted by molar-refractivity contribution is -0.141. The van der Waals surface area contributed by atoms with Crippen LogP contribution in [0.15, 0.2) is 57.5 Å². The normalized spacial score (nSPS) is 12.7. The number of benzene rings is 1. The van der Waals surface area contributed by atoms with Crippen molar-refractivity contribution in [1.29, 1.82) is 5.26 Å². The van der Waals surface area contributed by atoms with E-state index in [0.717, 1.165) is 22.0 Å². The first-order valence-corrected chi connectivity index (χ1v) is 9.53. The van der Waals surface area contributed by atoms with Gasteiger partial charge in [0.25, 0.3) is 5.56 Å². The Morgan fingerprint density at radius 2 is 1.66 bits per heavy atom. The molecule has 1 aromatic heterocycles. The lowest BCUT2D eigenvalue weighted by atomic mass is 10.2. The highest BCUT2D eigenvalue weighted by atomic mass is 16.5. The number of aryl methyl sites for hydroxylation is 1. The number of anilines is 2. The summed E-state index contributed by atoms with van der Waals surface area (Å²) in [4.78, 5) is 51.9. The molecule has 0 fully saturated rings. The topological polar surface area (TPSA) is 118 Å². The molecule has 1 aromatic carbocycles. The van der Waals surface area contributed by atoms with Crippen LogP contribution in [0.1, 0.15) is 5.56 Å². The van der Waals surface area contributed by atoms with Crippen molar-refractivity contribution in [1.82, 2.24) is 9.13 Å². The molecule has 1 aliphatic rings. The zero-order valence-corrected chi connectivity index (χ0v) is 18.0. The predicted molar refractivity (Wildman–Crippen MR) is 118 cm³/mol. The van der Waals surface area contributed by atoms with Gasteiger partial charge in [-0.3, -0.25) is 14.2 Å². The molecule has 32 heavy (non-hydrogen) atoms. The van der Waals surface area contributed by atoms with E-state index in [1.807, 2.05) is 30.3 Å². The first kappa shape index (κ1) is 22.3. The third-order valence-electron chi connectivity index (χ3n) is 5.07. The van der Waals surface area contributed by atoms with Gasteiger partial charge in [-0.05, 0) is 18.2 Å². The Hall–Kier alpha value is -4.39. The fraction of sp³-hybridized carbons (Fsp3) is 0.227. The molecule has 0 saturated carbocycles. The molecule has 0 atom stereocenters. The minimum Gasteiger partial charge on any atom is -0.454 e. The van der Waals surface area contributed by atoms with Gasteiger partial charge in [-0.2, -0.15) is 5.26 Å². The number of hydrogen-bond donors (Lipinski definition) is 0. The molecule has 0 N–H and O–H groups in total. The van der Waals surface area contributed by atoms with Gasteiger partial charge >= 0.3 is 11.7 Å². The van der Waals surface area contributed by atoms with E-state index in [4.69, 9.17) is 4.74 Å². The van der Waals surface area contributed by atoms with E-state index in [1.165, 1.54) is 30.9 Å². The Labute approximate surface area is 183 Å². The fourth-order valence-electron chi connectivity index (χ4n) is 3.42. The first-order valence-electron chi connectivity index (χ1n) is 9.53. The quantitative estimate of drug-likeness (QED) is 0.379. The van der Waals surface area contributed by atoms with Crippen LogP contribution in [0.5, 0.6) is 0 Å². The van der Waals surface area contributed by atoms with Crippen LogP contribution in [-0.4, -0.2) is 41.6 Å². The number of esters is 1. The molecule has 0 bridgehead atoms. The summed E-state index contributed by atoms with van der Waals surface area (Å²) < 4.78 is 7.08. The monoisotopic (exact) mass is 435 g/mol. The molecule has 0 radical (unpaired) electrons. The molecular formula is C22H21N5O5. The highest BCUT2D eigenvalue weighted by Crippen LogP contribution is 2.40. The van der Waals surface area contributed by atoms with Crippen molar-refractivity contribution in [3.63, 3.8) is 0 Å². The van der Waals surface area contributed by atoms with Crippen molar-refractivity contribution < 1.29 is 14.3 Å². The molecule has 0 unspecified atom stereocenters. The van der Waals surface area contributed by atoms with E-state index < -0.39 is 29.6 Å². The van der Waals surface area contributed by atoms with Gasteiger partial charge in [-0.1, -0.05) is 12.1 Å². The molecule has 0 amide bonds. The average Bonchev–Trinajstić information content (AvgIpc) is 3.03. The van der Waals surface area contributed by atoms with Crippen molar-refractivity contribution in [3.05, 3.63) is 74.3 Å². The van der Waals surface area contributed by atoms with Crippen LogP contribution in [0, 0.1) is 11.3 Å². The van der Waals surface area contributed by atoms with E-state index in [-0.39, 0.29) is 11.1 Å². The van der Waals surface area contributed by atoms with Crippen molar-refractivity contribution in [2.45, 2.75) is 0 Å². The summed E-state index contributed by atoms with van der Waals surface area (Å²) in [5, 5.41) is 9.59. The van der Waals surface area contributed by atoms with Gasteiger partial charge in [0.15, 0.2) is 6.61 Å². The van der Waals surface area contributed by atoms with Crippen LogP contribution in [0.25, 0.3) is 6.08 Å². The Morgan fingerprint density at radius 1 is 1.06 bits per heavy atom. The lowest BCUT2D eigenvalue weighted by Crippen LogP contribution is -2.37. The SMILES string of the molecule is CN1C(=C(C#N)C(=O)COC(=O)/C=C/c2cn(C)c(=O)n(C)c2=O)N(C)c2ccccc21. The zero-order chi connectivity index (χ0) is 23.6. The van der Waals surface area contributed by atoms with Gasteiger partial charge in [0.2, 0.25) is 5.78 Å². The van der Waals surface area contributed by atoms with Crippen LogP contribution in [0.3, 0.4) is 0 Å². The molecule has 3 rings (SSSR count). The molecule has 164 valence electrons. The van der Waals surface area contributed by atoms with E-state index in [2.05, 4.69) is 0 Å². The molecule has 0 saturated heterocycles. The predicted octanol–water partition coefficient (Wildman–Crippen LogP) is 0.531. The molecule has 1 aliphatic heterocycles. The highest BCUT2D eigenvalue weighted by Gasteiger charge is 2.31. The number of nitriles is 1. The summed E-state index contributed by atoms with van der Waals surface area (Å²) in [7, 11) is 6.28. The number of Topliss-reactive ketones (excluding diaryl/α,β-unsaturated/α-hetero) is 1. The average molecular weight is 435 g/mol. The third-order valence-corrected chi connectivity index (χ3v) is 5.07. The number of ether oxygens (including phenoxy) is 1. The zero-order valence-electron chi connectivity index (χ0n) is 18.0. The Balaban J connectivity index is 1.74. The smallest absolute Gasteiger partial charge is 0.331 e. The van der Waals surface area contributed by atoms with Gasteiger partial charge in [0.05, 0.1) is 16.9 Å². The maximum absolute atomic E-state index is 12.6. The Bertz CT molecular complexity index is 1290. The molecule has 2 aromatic rings. The van der Waals surface area contributed by atoms with Crippen molar-refractivity contribution >= 4 is 29.2 Å². The number of hydrogen-bond acceptors (Lipinski definition) is 8. The summed E-state index contributed by atoms with van der Waals surface area (Å²) >= 11 is 0. The lowest BCUT2D eigenvalue weighted by Gasteiger charge is -2.19. The fourth-order valence-corrected chi connectivity index (χ4v) is 3.42. The van der Waals surface area contributed by atoms with Gasteiger partial charge in [0, 0.05) is 40.5 Å². The number of aromatic nitrogens is 2. The van der Waals surface area contributed by atoms with Crippen LogP contribution in [0.2, 0.25) is 0 Å². The second-order valence-electron chi connectivity index (χ2n) is 7.12. The highest BCUT2D eigenvalue weighted by molar-refractivity contribution is 6.04. The van der Waals surface area contributed by atoms with Crippen molar-refractivity contribution in [3.8, 4) is 6.07 Å². The summed E-state index contributed by atoms with van der Waals surface area (Å²) in [6, 6.07) is 9.35. The van der Waals surface area contributed by atoms with Gasteiger partial charge in [-0.15, -0.1) is 0 Å². The summed E-state index contributed by atoms with van der Waals surface area (Å²) in [6.45, 7) is -0.640. The number of carbonyl (C=O) groups is 2. The second-order valence-corrected chi connectivity index (χ2v) is 7.12. The minimum absolute atomic E-state index is 0.102. The van der Waals surface area contributed by atoms with E-state index in [0.29, 0.717) is 5.82 Å². The maximum Gasteiger partial charge on any atom is 0.331 e. The van der Waals surface area contributed by atoms with E-state index >= 15 is 0 Å². The largest absolute Gasteiger partial charge is 0.454 e. The standard InChI is InChI=1S/C22H21N5O5/c1-24-12-14(21(30)27(4)22(24)31)9-10-19(29)32-13-18(28)15(11-23)20-25(2)16-7-5-6-8-17(16)26(20)3/h5-10,12H,13H2,1-4H3/b10-9+. The van der Waals surface area contributed by atoms with Gasteiger partial charge in [0.1, 0.15) is 17.5 Å². The Morgan fingerprint density at radius 3 is 2.22 bits per heavy atom. The molecule has 0 aliphatic carbocycles. The second kappa shape index (κ2) is 8.77. The van der Waals surface area contributed by atoms with Crippen LogP contribution < -0.4 is 21.0 Å². The number of nitrogens with zero attached hydrogens (tertiary/aromatic N) is 5. The number of fused-ring (bicyclic) bond motifs is 1. The third kappa shape index (κ3) is 3.96. The van der Waals surface area contributed by atoms with Crippen molar-refractivity contribution in [2.24, 2.45) is 14.1 Å². The molecule has 0 spiro atoms. The molecular weight excluding hydrogens is 414 g/mol.